The number of esters is 1. The van der Waals surface area contributed by atoms with E-state index in [2.05, 4.69) is 21.9 Å². The van der Waals surface area contributed by atoms with Crippen molar-refractivity contribution in [1.29, 1.82) is 0 Å². The first-order valence-electron chi connectivity index (χ1n) is 11.4. The van der Waals surface area contributed by atoms with Gasteiger partial charge in [0.1, 0.15) is 24.6 Å². The van der Waals surface area contributed by atoms with Crippen LogP contribution in [0.4, 0.5) is 5.82 Å². The highest BCUT2D eigenvalue weighted by Gasteiger charge is 2.56. The van der Waals surface area contributed by atoms with Gasteiger partial charge in [0.25, 0.3) is 0 Å². The van der Waals surface area contributed by atoms with Crippen LogP contribution in [-0.2, 0) is 14.3 Å². The molecule has 12 heteroatoms. The molecular formula is C21H34N6O6. The second-order valence-corrected chi connectivity index (χ2v) is 8.26. The van der Waals surface area contributed by atoms with Gasteiger partial charge in [-0.3, -0.25) is 9.36 Å². The van der Waals surface area contributed by atoms with Crippen LogP contribution in [0.15, 0.2) is 22.2 Å². The second-order valence-electron chi connectivity index (χ2n) is 8.26. The Labute approximate surface area is 192 Å². The number of unbranched alkanes of at least 4 members (excludes halogenated alkanes) is 8. The largest absolute Gasteiger partial charge is 0.462 e. The molecule has 0 amide bonds. The van der Waals surface area contributed by atoms with Gasteiger partial charge in [0, 0.05) is 17.5 Å². The number of carbonyl (C=O) groups is 1. The first kappa shape index (κ1) is 26.6. The van der Waals surface area contributed by atoms with Crippen LogP contribution in [0.2, 0.25) is 0 Å². The molecular weight excluding hydrogens is 432 g/mol. The maximum absolute atomic E-state index is 12.1. The summed E-state index contributed by atoms with van der Waals surface area (Å²) in [5.74, 6) is -0.568. The van der Waals surface area contributed by atoms with Crippen molar-refractivity contribution in [3.63, 3.8) is 0 Å². The number of carbonyl (C=O) groups excluding carboxylic acids is 1. The monoisotopic (exact) mass is 466 g/mol. The third-order valence-corrected chi connectivity index (χ3v) is 5.67. The molecule has 4 atom stereocenters. The van der Waals surface area contributed by atoms with Gasteiger partial charge in [-0.05, 0) is 18.0 Å². The SMILES string of the molecule is CCCCCCCCCCCC(=O)OC[C@@]1(N=[N+]=[N-])OC(n2ccc(N)nc2=O)[C@H](O)[C@@H]1O. The van der Waals surface area contributed by atoms with E-state index >= 15 is 0 Å². The number of aliphatic hydroxyl groups is 2. The van der Waals surface area contributed by atoms with Gasteiger partial charge in [-0.25, -0.2) is 4.79 Å². The van der Waals surface area contributed by atoms with E-state index in [1.807, 2.05) is 0 Å². The highest BCUT2D eigenvalue weighted by molar-refractivity contribution is 5.69. The Morgan fingerprint density at radius 2 is 1.91 bits per heavy atom. The van der Waals surface area contributed by atoms with Crippen LogP contribution in [0.3, 0.4) is 0 Å². The van der Waals surface area contributed by atoms with Crippen molar-refractivity contribution < 1.29 is 24.5 Å². The summed E-state index contributed by atoms with van der Waals surface area (Å²) in [5, 5.41) is 24.3. The van der Waals surface area contributed by atoms with Crippen LogP contribution >= 0.6 is 0 Å². The lowest BCUT2D eigenvalue weighted by molar-refractivity contribution is -0.165. The van der Waals surface area contributed by atoms with Gasteiger partial charge in [0.2, 0.25) is 5.72 Å². The van der Waals surface area contributed by atoms with Crippen molar-refractivity contribution in [2.75, 3.05) is 12.3 Å². The average Bonchev–Trinajstić information content (AvgIpc) is 3.02. The standard InChI is InChI=1S/C21H34N6O6/c1-2-3-4-5-6-7-8-9-10-11-16(28)32-14-21(25-26-23)18(30)17(29)19(33-21)27-13-12-15(22)24-20(27)31/h12-13,17-19,29-30H,2-11,14H2,1H3,(H2,22,24,31)/t17-,18+,19?,21-/m1/s1. The maximum atomic E-state index is 12.1. The van der Waals surface area contributed by atoms with E-state index in [0.717, 1.165) is 23.8 Å². The summed E-state index contributed by atoms with van der Waals surface area (Å²) in [7, 11) is 0. The zero-order chi connectivity index (χ0) is 24.3. The molecule has 1 aromatic heterocycles. The molecule has 1 saturated heterocycles. The lowest BCUT2D eigenvalue weighted by atomic mass is 10.1. The third-order valence-electron chi connectivity index (χ3n) is 5.67. The molecule has 33 heavy (non-hydrogen) atoms. The molecule has 1 fully saturated rings. The number of aliphatic hydroxyl groups excluding tert-OH is 2. The van der Waals surface area contributed by atoms with E-state index in [-0.39, 0.29) is 12.2 Å². The summed E-state index contributed by atoms with van der Waals surface area (Å²) in [6.07, 6.45) is 6.53. The molecule has 1 aliphatic rings. The van der Waals surface area contributed by atoms with Crippen molar-refractivity contribution in [3.05, 3.63) is 33.2 Å². The topological polar surface area (TPSA) is 186 Å². The van der Waals surface area contributed by atoms with Gasteiger partial charge in [0.15, 0.2) is 6.23 Å². The molecule has 2 heterocycles. The summed E-state index contributed by atoms with van der Waals surface area (Å²) < 4.78 is 11.6. The quantitative estimate of drug-likeness (QED) is 0.123. The number of anilines is 1. The molecule has 1 aliphatic heterocycles. The average molecular weight is 467 g/mol. The van der Waals surface area contributed by atoms with Gasteiger partial charge in [-0.2, -0.15) is 4.98 Å². The van der Waals surface area contributed by atoms with E-state index < -0.39 is 42.4 Å². The van der Waals surface area contributed by atoms with Crippen LogP contribution in [0.1, 0.15) is 77.4 Å². The first-order chi connectivity index (χ1) is 15.8. The molecule has 184 valence electrons. The van der Waals surface area contributed by atoms with E-state index in [1.165, 1.54) is 44.4 Å². The molecule has 4 N–H and O–H groups in total. The number of hydrogen-bond acceptors (Lipinski definition) is 9. The molecule has 1 aromatic rings. The molecule has 1 unspecified atom stereocenters. The Hall–Kier alpha value is -2.66. The summed E-state index contributed by atoms with van der Waals surface area (Å²) in [4.78, 5) is 30.4. The highest BCUT2D eigenvalue weighted by atomic mass is 16.6. The van der Waals surface area contributed by atoms with Crippen molar-refractivity contribution in [3.8, 4) is 0 Å². The fourth-order valence-corrected chi connectivity index (χ4v) is 3.75. The maximum Gasteiger partial charge on any atom is 0.351 e. The second kappa shape index (κ2) is 13.1. The Kier molecular flexibility index (Phi) is 10.6. The van der Waals surface area contributed by atoms with Gasteiger partial charge >= 0.3 is 11.7 Å². The molecule has 0 bridgehead atoms. The van der Waals surface area contributed by atoms with Crippen LogP contribution in [0, 0.1) is 0 Å². The Morgan fingerprint density at radius 3 is 2.52 bits per heavy atom. The fourth-order valence-electron chi connectivity index (χ4n) is 3.75. The number of aromatic nitrogens is 2. The molecule has 0 saturated carbocycles. The van der Waals surface area contributed by atoms with Crippen LogP contribution in [0.25, 0.3) is 10.4 Å². The lowest BCUT2D eigenvalue weighted by Gasteiger charge is -2.26. The van der Waals surface area contributed by atoms with Crippen molar-refractivity contribution >= 4 is 11.8 Å². The third kappa shape index (κ3) is 7.43. The minimum Gasteiger partial charge on any atom is -0.462 e. The molecule has 0 aromatic carbocycles. The summed E-state index contributed by atoms with van der Waals surface area (Å²) in [6.45, 7) is 1.57. The van der Waals surface area contributed by atoms with Crippen molar-refractivity contribution in [1.82, 2.24) is 9.55 Å². The number of azide groups is 1. The first-order valence-corrected chi connectivity index (χ1v) is 11.4. The zero-order valence-corrected chi connectivity index (χ0v) is 19.0. The number of ether oxygens (including phenoxy) is 2. The molecule has 2 rings (SSSR count). The van der Waals surface area contributed by atoms with Crippen LogP contribution < -0.4 is 11.4 Å². The van der Waals surface area contributed by atoms with Gasteiger partial charge in [-0.1, -0.05) is 63.4 Å². The lowest BCUT2D eigenvalue weighted by Crippen LogP contribution is -2.45. The highest BCUT2D eigenvalue weighted by Crippen LogP contribution is 2.38. The van der Waals surface area contributed by atoms with Crippen molar-refractivity contribution in [2.45, 2.75) is 95.3 Å². The summed E-state index contributed by atoms with van der Waals surface area (Å²) in [6, 6.07) is 1.31. The molecule has 0 aliphatic carbocycles. The minimum atomic E-state index is -2.09. The number of nitrogens with zero attached hydrogens (tertiary/aromatic N) is 5. The molecule has 12 nitrogen and oxygen atoms in total. The smallest absolute Gasteiger partial charge is 0.351 e. The normalized spacial score (nSPS) is 24.4. The van der Waals surface area contributed by atoms with E-state index in [0.29, 0.717) is 6.42 Å². The minimum absolute atomic E-state index is 0.0315. The van der Waals surface area contributed by atoms with Gasteiger partial charge in [-0.15, -0.1) is 0 Å². The predicted octanol–water partition coefficient (Wildman–Crippen LogP) is 2.55. The summed E-state index contributed by atoms with van der Waals surface area (Å²) >= 11 is 0. The van der Waals surface area contributed by atoms with E-state index in [1.54, 1.807) is 0 Å². The zero-order valence-electron chi connectivity index (χ0n) is 19.0. The Balaban J connectivity index is 1.86. The van der Waals surface area contributed by atoms with Gasteiger partial charge < -0.3 is 25.4 Å². The summed E-state index contributed by atoms with van der Waals surface area (Å²) in [5.41, 5.74) is 11.5. The number of nitrogens with two attached hydrogens (primary N) is 1. The Bertz CT molecular complexity index is 873. The van der Waals surface area contributed by atoms with E-state index in [9.17, 15) is 19.8 Å². The van der Waals surface area contributed by atoms with Crippen LogP contribution in [0.5, 0.6) is 0 Å². The number of nitrogen functional groups attached to an aromatic ring is 1. The van der Waals surface area contributed by atoms with Crippen LogP contribution in [-0.4, -0.2) is 50.3 Å². The Morgan fingerprint density at radius 1 is 1.27 bits per heavy atom. The van der Waals surface area contributed by atoms with Gasteiger partial charge in [0.05, 0.1) is 0 Å². The molecule has 0 radical (unpaired) electrons. The fraction of sp³-hybridized carbons (Fsp3) is 0.762. The number of hydrogen-bond donors (Lipinski definition) is 3. The predicted molar refractivity (Wildman–Crippen MR) is 120 cm³/mol. The van der Waals surface area contributed by atoms with Crippen molar-refractivity contribution in [2.24, 2.45) is 5.11 Å². The number of rotatable bonds is 14. The molecule has 0 spiro atoms. The van der Waals surface area contributed by atoms with E-state index in [4.69, 9.17) is 20.7 Å².